The summed E-state index contributed by atoms with van der Waals surface area (Å²) in [6.45, 7) is 5.84. The topological polar surface area (TPSA) is 94.9 Å². The van der Waals surface area contributed by atoms with E-state index in [2.05, 4.69) is 9.97 Å². The highest BCUT2D eigenvalue weighted by Crippen LogP contribution is 2.28. The average Bonchev–Trinajstić information content (AvgIpc) is 2.27. The Balaban J connectivity index is 2.98. The Morgan fingerprint density at radius 3 is 2.50 bits per heavy atom. The maximum atomic E-state index is 11.6. The number of primary amides is 1. The minimum absolute atomic E-state index is 0.137. The largest absolute Gasteiger partial charge is 0.368 e. The predicted molar refractivity (Wildman–Crippen MR) is 71.3 cm³/mol. The average molecular weight is 244 g/mol. The number of aryl methyl sites for hydroxylation is 1. The molecule has 0 aliphatic heterocycles. The number of anilines is 1. The normalized spacial score (nSPS) is 11.1. The number of rotatable bonds is 2. The van der Waals surface area contributed by atoms with E-state index in [4.69, 9.17) is 11.5 Å². The van der Waals surface area contributed by atoms with Crippen LogP contribution in [0.2, 0.25) is 0 Å². The SMILES string of the molecule is Cc1ccc2nc(N)nc(C(C)C)c2c1C(N)=O. The first kappa shape index (κ1) is 12.3. The molecule has 0 radical (unpaired) electrons. The van der Waals surface area contributed by atoms with Crippen LogP contribution < -0.4 is 11.5 Å². The van der Waals surface area contributed by atoms with Gasteiger partial charge in [-0.25, -0.2) is 9.97 Å². The quantitative estimate of drug-likeness (QED) is 0.841. The fourth-order valence-corrected chi connectivity index (χ4v) is 2.11. The van der Waals surface area contributed by atoms with Crippen LogP contribution in [0.15, 0.2) is 12.1 Å². The number of amides is 1. The van der Waals surface area contributed by atoms with E-state index in [0.717, 1.165) is 11.3 Å². The maximum absolute atomic E-state index is 11.6. The second-order valence-corrected chi connectivity index (χ2v) is 4.64. The van der Waals surface area contributed by atoms with E-state index < -0.39 is 5.91 Å². The summed E-state index contributed by atoms with van der Waals surface area (Å²) in [6.07, 6.45) is 0. The van der Waals surface area contributed by atoms with Gasteiger partial charge in [0.1, 0.15) is 0 Å². The number of fused-ring (bicyclic) bond motifs is 1. The summed E-state index contributed by atoms with van der Waals surface area (Å²) < 4.78 is 0. The van der Waals surface area contributed by atoms with Crippen LogP contribution in [0.25, 0.3) is 10.9 Å². The Bertz CT molecular complexity index is 634. The summed E-state index contributed by atoms with van der Waals surface area (Å²) in [7, 11) is 0. The third kappa shape index (κ3) is 1.88. The number of nitrogens with zero attached hydrogens (tertiary/aromatic N) is 2. The molecule has 0 atom stereocenters. The first-order valence-corrected chi connectivity index (χ1v) is 5.78. The van der Waals surface area contributed by atoms with Crippen molar-refractivity contribution < 1.29 is 4.79 Å². The van der Waals surface area contributed by atoms with E-state index in [1.54, 1.807) is 0 Å². The van der Waals surface area contributed by atoms with Crippen LogP contribution in [0, 0.1) is 6.92 Å². The molecular formula is C13H16N4O. The molecule has 0 fully saturated rings. The Kier molecular flexibility index (Phi) is 2.90. The van der Waals surface area contributed by atoms with Crippen molar-refractivity contribution in [3.63, 3.8) is 0 Å². The van der Waals surface area contributed by atoms with Crippen LogP contribution in [-0.2, 0) is 0 Å². The number of nitrogens with two attached hydrogens (primary N) is 2. The van der Waals surface area contributed by atoms with Gasteiger partial charge in [-0.15, -0.1) is 0 Å². The standard InChI is InChI=1S/C13H16N4O/c1-6(2)11-10-8(16-13(15)17-11)5-4-7(3)9(10)12(14)18/h4-6H,1-3H3,(H2,14,18)(H2,15,16,17). The molecule has 94 valence electrons. The van der Waals surface area contributed by atoms with Crippen LogP contribution in [0.4, 0.5) is 5.95 Å². The van der Waals surface area contributed by atoms with Crippen molar-refractivity contribution in [3.05, 3.63) is 29.0 Å². The van der Waals surface area contributed by atoms with Crippen LogP contribution in [-0.4, -0.2) is 15.9 Å². The van der Waals surface area contributed by atoms with Crippen molar-refractivity contribution in [3.8, 4) is 0 Å². The molecule has 0 saturated carbocycles. The molecule has 18 heavy (non-hydrogen) atoms. The molecule has 2 aromatic rings. The lowest BCUT2D eigenvalue weighted by Crippen LogP contribution is -2.15. The summed E-state index contributed by atoms with van der Waals surface area (Å²) >= 11 is 0. The highest BCUT2D eigenvalue weighted by molar-refractivity contribution is 6.07. The zero-order valence-corrected chi connectivity index (χ0v) is 10.7. The number of carbonyl (C=O) groups is 1. The van der Waals surface area contributed by atoms with Crippen molar-refractivity contribution >= 4 is 22.8 Å². The minimum Gasteiger partial charge on any atom is -0.368 e. The van der Waals surface area contributed by atoms with Gasteiger partial charge in [-0.05, 0) is 24.5 Å². The highest BCUT2D eigenvalue weighted by Gasteiger charge is 2.18. The predicted octanol–water partition coefficient (Wildman–Crippen LogP) is 1.74. The van der Waals surface area contributed by atoms with E-state index in [0.29, 0.717) is 16.5 Å². The first-order valence-electron chi connectivity index (χ1n) is 5.78. The fourth-order valence-electron chi connectivity index (χ4n) is 2.11. The van der Waals surface area contributed by atoms with Crippen LogP contribution in [0.3, 0.4) is 0 Å². The molecule has 1 aromatic heterocycles. The van der Waals surface area contributed by atoms with Crippen molar-refractivity contribution in [2.45, 2.75) is 26.7 Å². The Labute approximate surface area is 105 Å². The summed E-state index contributed by atoms with van der Waals surface area (Å²) in [5.74, 6) is -0.114. The van der Waals surface area contributed by atoms with Crippen molar-refractivity contribution in [2.24, 2.45) is 5.73 Å². The molecule has 5 heteroatoms. The number of benzene rings is 1. The van der Waals surface area contributed by atoms with Gasteiger partial charge in [-0.3, -0.25) is 4.79 Å². The van der Waals surface area contributed by atoms with Gasteiger partial charge in [0.05, 0.1) is 16.8 Å². The first-order chi connectivity index (χ1) is 8.41. The van der Waals surface area contributed by atoms with E-state index in [1.165, 1.54) is 0 Å². The van der Waals surface area contributed by atoms with Gasteiger partial charge in [0.15, 0.2) is 0 Å². The van der Waals surface area contributed by atoms with E-state index in [9.17, 15) is 4.79 Å². The summed E-state index contributed by atoms with van der Waals surface area (Å²) in [5, 5.41) is 0.715. The molecule has 0 aliphatic carbocycles. The molecule has 0 unspecified atom stereocenters. The Morgan fingerprint density at radius 1 is 1.28 bits per heavy atom. The van der Waals surface area contributed by atoms with Crippen LogP contribution in [0.1, 0.15) is 41.4 Å². The van der Waals surface area contributed by atoms with E-state index in [1.807, 2.05) is 32.9 Å². The molecule has 2 rings (SSSR count). The zero-order valence-electron chi connectivity index (χ0n) is 10.7. The maximum Gasteiger partial charge on any atom is 0.249 e. The molecule has 4 N–H and O–H groups in total. The Hall–Kier alpha value is -2.17. The van der Waals surface area contributed by atoms with Gasteiger partial charge in [0, 0.05) is 5.39 Å². The molecule has 1 aromatic carbocycles. The van der Waals surface area contributed by atoms with E-state index in [-0.39, 0.29) is 11.9 Å². The minimum atomic E-state index is -0.464. The second-order valence-electron chi connectivity index (χ2n) is 4.64. The fraction of sp³-hybridized carbons (Fsp3) is 0.308. The number of carbonyl (C=O) groups excluding carboxylic acids is 1. The van der Waals surface area contributed by atoms with E-state index >= 15 is 0 Å². The lowest BCUT2D eigenvalue weighted by molar-refractivity contribution is 0.100. The molecule has 0 aliphatic rings. The second kappa shape index (κ2) is 4.25. The lowest BCUT2D eigenvalue weighted by atomic mass is 9.96. The van der Waals surface area contributed by atoms with Gasteiger partial charge in [-0.1, -0.05) is 19.9 Å². The molecule has 0 saturated heterocycles. The summed E-state index contributed by atoms with van der Waals surface area (Å²) in [4.78, 5) is 20.0. The number of hydrogen-bond acceptors (Lipinski definition) is 4. The third-order valence-electron chi connectivity index (χ3n) is 2.91. The van der Waals surface area contributed by atoms with Gasteiger partial charge >= 0.3 is 0 Å². The van der Waals surface area contributed by atoms with Crippen LogP contribution in [0.5, 0.6) is 0 Å². The lowest BCUT2D eigenvalue weighted by Gasteiger charge is -2.13. The van der Waals surface area contributed by atoms with Gasteiger partial charge < -0.3 is 11.5 Å². The molecule has 0 spiro atoms. The summed E-state index contributed by atoms with van der Waals surface area (Å²) in [6, 6.07) is 3.65. The summed E-state index contributed by atoms with van der Waals surface area (Å²) in [5.41, 5.74) is 13.9. The number of aromatic nitrogens is 2. The van der Waals surface area contributed by atoms with Gasteiger partial charge in [0.2, 0.25) is 11.9 Å². The van der Waals surface area contributed by atoms with Gasteiger partial charge in [0.25, 0.3) is 0 Å². The molecule has 1 amide bonds. The number of hydrogen-bond donors (Lipinski definition) is 2. The highest BCUT2D eigenvalue weighted by atomic mass is 16.1. The van der Waals surface area contributed by atoms with Crippen molar-refractivity contribution in [1.29, 1.82) is 0 Å². The van der Waals surface area contributed by atoms with Crippen molar-refractivity contribution in [1.82, 2.24) is 9.97 Å². The van der Waals surface area contributed by atoms with Gasteiger partial charge in [-0.2, -0.15) is 0 Å². The van der Waals surface area contributed by atoms with Crippen LogP contribution >= 0.6 is 0 Å². The smallest absolute Gasteiger partial charge is 0.249 e. The third-order valence-corrected chi connectivity index (χ3v) is 2.91. The molecule has 1 heterocycles. The Morgan fingerprint density at radius 2 is 1.94 bits per heavy atom. The molecule has 0 bridgehead atoms. The molecular weight excluding hydrogens is 228 g/mol. The zero-order chi connectivity index (χ0) is 13.4. The monoisotopic (exact) mass is 244 g/mol. The van der Waals surface area contributed by atoms with Crippen molar-refractivity contribution in [2.75, 3.05) is 5.73 Å². The molecule has 5 nitrogen and oxygen atoms in total. The number of nitrogen functional groups attached to an aromatic ring is 1.